The first-order valence-electron chi connectivity index (χ1n) is 9.83. The van der Waals surface area contributed by atoms with E-state index in [0.717, 1.165) is 16.5 Å². The van der Waals surface area contributed by atoms with Gasteiger partial charge in [0.15, 0.2) is 0 Å². The zero-order valence-corrected chi connectivity index (χ0v) is 17.5. The number of nitrogens with one attached hydrogen (secondary N) is 1. The highest BCUT2D eigenvalue weighted by Crippen LogP contribution is 2.23. The largest absolute Gasteiger partial charge is 0.497 e. The number of nitriles is 1. The summed E-state index contributed by atoms with van der Waals surface area (Å²) in [7, 11) is 3.15. The highest BCUT2D eigenvalue weighted by molar-refractivity contribution is 5.99. The Labute approximate surface area is 181 Å². The monoisotopic (exact) mass is 416 g/mol. The van der Waals surface area contributed by atoms with Crippen molar-refractivity contribution in [2.75, 3.05) is 26.0 Å². The van der Waals surface area contributed by atoms with Crippen molar-refractivity contribution in [3.8, 4) is 11.8 Å². The molecule has 3 aromatic rings. The number of hydrogen-bond donors (Lipinski definition) is 1. The van der Waals surface area contributed by atoms with Crippen LogP contribution in [-0.4, -0.2) is 42.0 Å². The Hall–Kier alpha value is -4.05. The van der Waals surface area contributed by atoms with Crippen LogP contribution in [0.25, 0.3) is 17.0 Å². The van der Waals surface area contributed by atoms with Gasteiger partial charge in [0, 0.05) is 48.0 Å². The number of benzene rings is 2. The second kappa shape index (κ2) is 10.1. The fraction of sp³-hybridized carbons (Fsp3) is 0.208. The van der Waals surface area contributed by atoms with E-state index in [1.54, 1.807) is 44.5 Å². The summed E-state index contributed by atoms with van der Waals surface area (Å²) in [5.41, 5.74) is 2.53. The first-order valence-corrected chi connectivity index (χ1v) is 9.83. The molecule has 0 fully saturated rings. The summed E-state index contributed by atoms with van der Waals surface area (Å²) < 4.78 is 7.10. The number of aromatic nitrogens is 1. The van der Waals surface area contributed by atoms with Crippen LogP contribution in [-0.2, 0) is 16.1 Å². The lowest BCUT2D eigenvalue weighted by atomic mass is 10.1. The molecular formula is C24H24N4O3. The van der Waals surface area contributed by atoms with E-state index in [1.807, 2.05) is 35.0 Å². The molecule has 1 heterocycles. The quantitative estimate of drug-likeness (QED) is 0.568. The number of amides is 2. The summed E-state index contributed by atoms with van der Waals surface area (Å²) in [6, 6.07) is 17.0. The Morgan fingerprint density at radius 1 is 1.19 bits per heavy atom. The van der Waals surface area contributed by atoms with Crippen LogP contribution in [0.5, 0.6) is 5.75 Å². The minimum atomic E-state index is -0.289. The topological polar surface area (TPSA) is 87.4 Å². The zero-order valence-electron chi connectivity index (χ0n) is 17.5. The van der Waals surface area contributed by atoms with Gasteiger partial charge in [-0.05, 0) is 36.4 Å². The molecule has 0 saturated heterocycles. The molecule has 0 aliphatic carbocycles. The Kier molecular flexibility index (Phi) is 7.07. The highest BCUT2D eigenvalue weighted by atomic mass is 16.5. The fourth-order valence-corrected chi connectivity index (χ4v) is 3.22. The molecule has 2 amide bonds. The Bertz CT molecular complexity index is 1140. The summed E-state index contributed by atoms with van der Waals surface area (Å²) in [5, 5.41) is 12.6. The van der Waals surface area contributed by atoms with Gasteiger partial charge in [0.05, 0.1) is 26.1 Å². The van der Waals surface area contributed by atoms with Crippen LogP contribution in [0.15, 0.2) is 60.8 Å². The van der Waals surface area contributed by atoms with E-state index in [-0.39, 0.29) is 18.4 Å². The fourth-order valence-electron chi connectivity index (χ4n) is 3.22. The molecule has 31 heavy (non-hydrogen) atoms. The number of nitrogens with zero attached hydrogens (tertiary/aromatic N) is 3. The van der Waals surface area contributed by atoms with Crippen LogP contribution in [0.1, 0.15) is 12.0 Å². The molecule has 2 aromatic carbocycles. The minimum Gasteiger partial charge on any atom is -0.497 e. The predicted octanol–water partition coefficient (Wildman–Crippen LogP) is 3.67. The average Bonchev–Trinajstić information content (AvgIpc) is 3.14. The molecule has 3 rings (SSSR count). The first-order chi connectivity index (χ1) is 15.0. The standard InChI is InChI=1S/C24H24N4O3/c1-27(17-23(29)26-19-9-11-20(31-2)12-10-19)24(30)13-8-18-16-28(15-5-14-25)22-7-4-3-6-21(18)22/h3-4,6-13,16H,5,15,17H2,1-2H3,(H,26,29)/b13-8+. The molecule has 158 valence electrons. The number of carbonyl (C=O) groups excluding carboxylic acids is 2. The van der Waals surface area contributed by atoms with E-state index < -0.39 is 0 Å². The van der Waals surface area contributed by atoms with E-state index in [9.17, 15) is 9.59 Å². The minimum absolute atomic E-state index is 0.0703. The van der Waals surface area contributed by atoms with E-state index in [1.165, 1.54) is 11.0 Å². The van der Waals surface area contributed by atoms with Gasteiger partial charge in [-0.15, -0.1) is 0 Å². The Morgan fingerprint density at radius 3 is 2.65 bits per heavy atom. The van der Waals surface area contributed by atoms with Crippen LogP contribution < -0.4 is 10.1 Å². The average molecular weight is 416 g/mol. The van der Waals surface area contributed by atoms with Gasteiger partial charge in [0.2, 0.25) is 11.8 Å². The maximum Gasteiger partial charge on any atom is 0.246 e. The number of likely N-dealkylation sites (N-methyl/N-ethyl adjacent to an activating group) is 1. The first kappa shape index (κ1) is 21.7. The van der Waals surface area contributed by atoms with Gasteiger partial charge in [-0.1, -0.05) is 18.2 Å². The van der Waals surface area contributed by atoms with Crippen molar-refractivity contribution in [2.45, 2.75) is 13.0 Å². The third-order valence-electron chi connectivity index (χ3n) is 4.82. The Morgan fingerprint density at radius 2 is 1.94 bits per heavy atom. The van der Waals surface area contributed by atoms with Crippen molar-refractivity contribution >= 4 is 34.5 Å². The lowest BCUT2D eigenvalue weighted by Gasteiger charge is -2.15. The smallest absolute Gasteiger partial charge is 0.246 e. The molecule has 0 unspecified atom stereocenters. The summed E-state index contributed by atoms with van der Waals surface area (Å²) in [6.45, 7) is 0.517. The number of para-hydroxylation sites is 1. The van der Waals surface area contributed by atoms with Gasteiger partial charge in [-0.25, -0.2) is 0 Å². The molecule has 0 spiro atoms. The van der Waals surface area contributed by atoms with Crippen molar-refractivity contribution in [3.05, 3.63) is 66.4 Å². The molecule has 7 nitrogen and oxygen atoms in total. The van der Waals surface area contributed by atoms with Gasteiger partial charge < -0.3 is 19.5 Å². The summed E-state index contributed by atoms with van der Waals surface area (Å²) >= 11 is 0. The molecule has 0 bridgehead atoms. The number of carbonyl (C=O) groups is 2. The third kappa shape index (κ3) is 5.52. The van der Waals surface area contributed by atoms with Crippen LogP contribution in [0, 0.1) is 11.3 Å². The highest BCUT2D eigenvalue weighted by Gasteiger charge is 2.12. The molecule has 0 radical (unpaired) electrons. The number of anilines is 1. The van der Waals surface area contributed by atoms with Crippen molar-refractivity contribution < 1.29 is 14.3 Å². The van der Waals surface area contributed by atoms with Gasteiger partial charge in [-0.2, -0.15) is 5.26 Å². The van der Waals surface area contributed by atoms with Crippen molar-refractivity contribution in [1.29, 1.82) is 5.26 Å². The van der Waals surface area contributed by atoms with E-state index in [2.05, 4.69) is 11.4 Å². The molecule has 7 heteroatoms. The second-order valence-electron chi connectivity index (χ2n) is 7.01. The molecule has 0 aliphatic heterocycles. The van der Waals surface area contributed by atoms with Crippen molar-refractivity contribution in [3.63, 3.8) is 0 Å². The van der Waals surface area contributed by atoms with Gasteiger partial charge in [0.1, 0.15) is 5.75 Å². The number of fused-ring (bicyclic) bond motifs is 1. The Balaban J connectivity index is 1.63. The van der Waals surface area contributed by atoms with Crippen LogP contribution >= 0.6 is 0 Å². The number of ether oxygens (including phenoxy) is 1. The van der Waals surface area contributed by atoms with E-state index in [0.29, 0.717) is 24.4 Å². The van der Waals surface area contributed by atoms with Gasteiger partial charge >= 0.3 is 0 Å². The number of rotatable bonds is 8. The van der Waals surface area contributed by atoms with Crippen LogP contribution in [0.3, 0.4) is 0 Å². The van der Waals surface area contributed by atoms with Crippen LogP contribution in [0.4, 0.5) is 5.69 Å². The summed E-state index contributed by atoms with van der Waals surface area (Å²) in [6.07, 6.45) is 5.54. The number of methoxy groups -OCH3 is 1. The van der Waals surface area contributed by atoms with Gasteiger partial charge in [0.25, 0.3) is 0 Å². The molecule has 0 saturated carbocycles. The number of aryl methyl sites for hydroxylation is 1. The lowest BCUT2D eigenvalue weighted by Crippen LogP contribution is -2.33. The normalized spacial score (nSPS) is 10.7. The molecule has 1 aromatic heterocycles. The van der Waals surface area contributed by atoms with Crippen molar-refractivity contribution in [1.82, 2.24) is 9.47 Å². The zero-order chi connectivity index (χ0) is 22.2. The predicted molar refractivity (Wildman–Crippen MR) is 120 cm³/mol. The number of hydrogen-bond acceptors (Lipinski definition) is 4. The maximum atomic E-state index is 12.5. The van der Waals surface area contributed by atoms with Crippen molar-refractivity contribution in [2.24, 2.45) is 0 Å². The van der Waals surface area contributed by atoms with E-state index >= 15 is 0 Å². The molecule has 0 aliphatic rings. The van der Waals surface area contributed by atoms with Gasteiger partial charge in [-0.3, -0.25) is 9.59 Å². The molecular weight excluding hydrogens is 392 g/mol. The SMILES string of the molecule is COc1ccc(NC(=O)CN(C)C(=O)/C=C/c2cn(CCC#N)c3ccccc23)cc1. The summed E-state index contributed by atoms with van der Waals surface area (Å²) in [4.78, 5) is 26.1. The van der Waals surface area contributed by atoms with Crippen LogP contribution in [0.2, 0.25) is 0 Å². The molecule has 1 N–H and O–H groups in total. The third-order valence-corrected chi connectivity index (χ3v) is 4.82. The molecule has 0 atom stereocenters. The summed E-state index contributed by atoms with van der Waals surface area (Å²) in [5.74, 6) is 0.130. The lowest BCUT2D eigenvalue weighted by molar-refractivity contribution is -0.129. The maximum absolute atomic E-state index is 12.5. The van der Waals surface area contributed by atoms with E-state index in [4.69, 9.17) is 10.00 Å². The second-order valence-corrected chi connectivity index (χ2v) is 7.01.